The number of anilines is 1. The van der Waals surface area contributed by atoms with E-state index in [1.165, 1.54) is 0 Å². The Labute approximate surface area is 190 Å². The fraction of sp³-hybridized carbons (Fsp3) is 0.316. The third-order valence-electron chi connectivity index (χ3n) is 4.67. The van der Waals surface area contributed by atoms with Gasteiger partial charge in [-0.05, 0) is 46.7 Å². The molecule has 1 aliphatic heterocycles. The lowest BCUT2D eigenvalue weighted by atomic mass is 10.1. The number of hydrogen-bond donors (Lipinski definition) is 4. The van der Waals surface area contributed by atoms with Crippen LogP contribution < -0.4 is 26.3 Å². The van der Waals surface area contributed by atoms with Crippen molar-refractivity contribution in [2.24, 2.45) is 5.73 Å². The van der Waals surface area contributed by atoms with E-state index in [0.717, 1.165) is 9.13 Å². The van der Waals surface area contributed by atoms with Crippen LogP contribution in [0.1, 0.15) is 17.8 Å². The van der Waals surface area contributed by atoms with Gasteiger partial charge in [0.15, 0.2) is 28.5 Å². The van der Waals surface area contributed by atoms with Crippen LogP contribution in [-0.4, -0.2) is 44.6 Å². The van der Waals surface area contributed by atoms with E-state index in [1.54, 1.807) is 10.8 Å². The first kappa shape index (κ1) is 21.4. The van der Waals surface area contributed by atoms with Gasteiger partial charge < -0.3 is 35.9 Å². The number of ether oxygens (including phenoxy) is 2. The van der Waals surface area contributed by atoms with Gasteiger partial charge in [-0.3, -0.25) is 0 Å². The highest BCUT2D eigenvalue weighted by molar-refractivity contribution is 14.1. The Morgan fingerprint density at radius 2 is 2.06 bits per heavy atom. The molecule has 0 unspecified atom stereocenters. The molecule has 3 aromatic rings. The molecule has 0 amide bonds. The molecule has 4 rings (SSSR count). The highest BCUT2D eigenvalue weighted by Crippen LogP contribution is 2.36. The van der Waals surface area contributed by atoms with Crippen LogP contribution in [-0.2, 0) is 13.0 Å². The van der Waals surface area contributed by atoms with E-state index in [-0.39, 0.29) is 31.4 Å². The minimum Gasteiger partial charge on any atom is -0.454 e. The van der Waals surface area contributed by atoms with E-state index in [2.05, 4.69) is 42.9 Å². The molecular weight excluding hydrogens is 520 g/mol. The number of nitrogens with zero attached hydrogens (tertiary/aromatic N) is 4. The van der Waals surface area contributed by atoms with Gasteiger partial charge in [-0.15, -0.1) is 0 Å². The molecule has 3 heterocycles. The van der Waals surface area contributed by atoms with Crippen molar-refractivity contribution in [1.29, 1.82) is 0 Å². The zero-order valence-corrected chi connectivity index (χ0v) is 18.6. The molecule has 1 aromatic carbocycles. The lowest BCUT2D eigenvalue weighted by Crippen LogP contribution is -2.17. The van der Waals surface area contributed by atoms with E-state index in [0.29, 0.717) is 47.9 Å². The average Bonchev–Trinajstić information content (AvgIpc) is 3.30. The summed E-state index contributed by atoms with van der Waals surface area (Å²) in [6.45, 7) is 1.06. The van der Waals surface area contributed by atoms with Crippen LogP contribution in [0.2, 0.25) is 0 Å². The standard InChI is InChI=1S/C19H21FIN7O3/c20-19-26-17(23)16-18(27-19)28(8-11(22)7-24-2-1-3-29)15(25-16)5-10-4-13-14(6-12(10)21)31-9-30-13/h4,6-7,24,29H,1-3,5,8-9,22H2,(H2,23,26,27)/b11-7-. The maximum absolute atomic E-state index is 13.9. The topological polar surface area (TPSA) is 146 Å². The normalized spacial score (nSPS) is 13.2. The summed E-state index contributed by atoms with van der Waals surface area (Å²) in [4.78, 5) is 12.1. The molecule has 1 aliphatic rings. The van der Waals surface area contributed by atoms with Crippen LogP contribution in [0.3, 0.4) is 0 Å². The Morgan fingerprint density at radius 3 is 2.84 bits per heavy atom. The Balaban J connectivity index is 1.71. The van der Waals surface area contributed by atoms with Crippen LogP contribution in [0.5, 0.6) is 11.5 Å². The number of halogens is 2. The number of aromatic nitrogens is 4. The number of hydrogen-bond acceptors (Lipinski definition) is 9. The summed E-state index contributed by atoms with van der Waals surface area (Å²) in [6, 6.07) is 3.80. The van der Waals surface area contributed by atoms with Gasteiger partial charge in [-0.25, -0.2) is 4.98 Å². The zero-order valence-electron chi connectivity index (χ0n) is 16.4. The number of nitrogens with two attached hydrogens (primary N) is 2. The van der Waals surface area contributed by atoms with Crippen molar-refractivity contribution in [3.8, 4) is 11.5 Å². The number of allylic oxidation sites excluding steroid dienone is 1. The van der Waals surface area contributed by atoms with Gasteiger partial charge in [-0.1, -0.05) is 0 Å². The Morgan fingerprint density at radius 1 is 1.29 bits per heavy atom. The Hall–Kier alpha value is -2.87. The van der Waals surface area contributed by atoms with Gasteiger partial charge >= 0.3 is 6.08 Å². The number of nitrogens with one attached hydrogen (secondary N) is 1. The lowest BCUT2D eigenvalue weighted by Gasteiger charge is -2.11. The van der Waals surface area contributed by atoms with E-state index in [9.17, 15) is 4.39 Å². The highest BCUT2D eigenvalue weighted by atomic mass is 127. The van der Waals surface area contributed by atoms with Crippen LogP contribution >= 0.6 is 22.6 Å². The SMILES string of the molecule is N/C(=C\NCCCO)Cn1c(Cc2cc3c(cc2I)OCO3)nc2c(N)nc(F)nc21. The first-order chi connectivity index (χ1) is 15.0. The molecule has 164 valence electrons. The van der Waals surface area contributed by atoms with Gasteiger partial charge in [0.1, 0.15) is 5.82 Å². The van der Waals surface area contributed by atoms with Crippen LogP contribution in [0.15, 0.2) is 24.0 Å². The Kier molecular flexibility index (Phi) is 6.27. The number of imidazole rings is 1. The number of benzene rings is 1. The number of aliphatic hydroxyl groups excluding tert-OH is 1. The molecule has 31 heavy (non-hydrogen) atoms. The van der Waals surface area contributed by atoms with Gasteiger partial charge in [0, 0.05) is 35.0 Å². The molecule has 2 aromatic heterocycles. The average molecular weight is 541 g/mol. The lowest BCUT2D eigenvalue weighted by molar-refractivity contribution is 0.174. The highest BCUT2D eigenvalue weighted by Gasteiger charge is 2.21. The predicted octanol–water partition coefficient (Wildman–Crippen LogP) is 1.24. The van der Waals surface area contributed by atoms with E-state index < -0.39 is 6.08 Å². The fourth-order valence-electron chi connectivity index (χ4n) is 3.22. The first-order valence-corrected chi connectivity index (χ1v) is 10.6. The summed E-state index contributed by atoms with van der Waals surface area (Å²) in [5.41, 5.74) is 14.1. The molecular formula is C19H21FIN7O3. The molecule has 0 spiro atoms. The molecule has 0 saturated heterocycles. The molecule has 12 heteroatoms. The van der Waals surface area contributed by atoms with Crippen molar-refractivity contribution in [2.75, 3.05) is 25.7 Å². The van der Waals surface area contributed by atoms with Crippen molar-refractivity contribution >= 4 is 39.6 Å². The van der Waals surface area contributed by atoms with Crippen molar-refractivity contribution < 1.29 is 19.0 Å². The Bertz CT molecular complexity index is 1150. The van der Waals surface area contributed by atoms with Gasteiger partial charge in [0.25, 0.3) is 0 Å². The molecule has 0 atom stereocenters. The predicted molar refractivity (Wildman–Crippen MR) is 120 cm³/mol. The summed E-state index contributed by atoms with van der Waals surface area (Å²) in [7, 11) is 0. The minimum absolute atomic E-state index is 0.0356. The largest absolute Gasteiger partial charge is 0.454 e. The second-order valence-corrected chi connectivity index (χ2v) is 8.05. The number of aliphatic hydroxyl groups is 1. The van der Waals surface area contributed by atoms with E-state index in [1.807, 2.05) is 12.1 Å². The molecule has 0 aliphatic carbocycles. The number of nitrogen functional groups attached to an aromatic ring is 1. The molecule has 10 nitrogen and oxygen atoms in total. The van der Waals surface area contributed by atoms with Gasteiger partial charge in [-0.2, -0.15) is 14.4 Å². The first-order valence-electron chi connectivity index (χ1n) is 9.51. The van der Waals surface area contributed by atoms with Crippen molar-refractivity contribution in [3.05, 3.63) is 45.1 Å². The van der Waals surface area contributed by atoms with Gasteiger partial charge in [0.05, 0.1) is 6.54 Å². The van der Waals surface area contributed by atoms with Crippen molar-refractivity contribution in [2.45, 2.75) is 19.4 Å². The second-order valence-electron chi connectivity index (χ2n) is 6.89. The van der Waals surface area contributed by atoms with Crippen molar-refractivity contribution in [1.82, 2.24) is 24.8 Å². The molecule has 0 bridgehead atoms. The summed E-state index contributed by atoms with van der Waals surface area (Å²) in [5, 5.41) is 11.9. The fourth-order valence-corrected chi connectivity index (χ4v) is 3.85. The van der Waals surface area contributed by atoms with Crippen LogP contribution in [0.4, 0.5) is 10.2 Å². The summed E-state index contributed by atoms with van der Waals surface area (Å²) >= 11 is 2.22. The molecule has 0 saturated carbocycles. The van der Waals surface area contributed by atoms with Crippen LogP contribution in [0.25, 0.3) is 11.2 Å². The number of rotatable bonds is 8. The zero-order chi connectivity index (χ0) is 22.0. The second kappa shape index (κ2) is 9.09. The number of fused-ring (bicyclic) bond motifs is 2. The summed E-state index contributed by atoms with van der Waals surface area (Å²) < 4.78 is 27.5. The maximum atomic E-state index is 13.9. The van der Waals surface area contributed by atoms with Crippen molar-refractivity contribution in [3.63, 3.8) is 0 Å². The van der Waals surface area contributed by atoms with Gasteiger partial charge in [0.2, 0.25) is 6.79 Å². The van der Waals surface area contributed by atoms with E-state index in [4.69, 9.17) is 26.0 Å². The quantitative estimate of drug-likeness (QED) is 0.188. The monoisotopic (exact) mass is 541 g/mol. The molecule has 0 fully saturated rings. The summed E-state index contributed by atoms with van der Waals surface area (Å²) in [6.07, 6.45) is 1.73. The maximum Gasteiger partial charge on any atom is 0.312 e. The van der Waals surface area contributed by atoms with E-state index >= 15 is 0 Å². The molecule has 6 N–H and O–H groups in total. The smallest absolute Gasteiger partial charge is 0.312 e. The minimum atomic E-state index is -0.931. The third-order valence-corrected chi connectivity index (χ3v) is 5.68. The third kappa shape index (κ3) is 4.58. The van der Waals surface area contributed by atoms with Crippen LogP contribution in [0, 0.1) is 9.65 Å². The molecule has 0 radical (unpaired) electrons. The summed E-state index contributed by atoms with van der Waals surface area (Å²) in [5.74, 6) is 1.92.